The topological polar surface area (TPSA) is 89.5 Å². The van der Waals surface area contributed by atoms with Crippen molar-refractivity contribution in [2.45, 2.75) is 12.6 Å². The van der Waals surface area contributed by atoms with Gasteiger partial charge in [-0.05, 0) is 24.3 Å². The van der Waals surface area contributed by atoms with Crippen molar-refractivity contribution in [2.24, 2.45) is 14.1 Å². The Hall–Kier alpha value is -3.23. The summed E-state index contributed by atoms with van der Waals surface area (Å²) >= 11 is 0. The van der Waals surface area contributed by atoms with Gasteiger partial charge in [-0.15, -0.1) is 0 Å². The number of hydrogen-bond donors (Lipinski definition) is 0. The van der Waals surface area contributed by atoms with E-state index in [0.717, 1.165) is 10.3 Å². The van der Waals surface area contributed by atoms with Crippen LogP contribution in [-0.2, 0) is 20.6 Å². The van der Waals surface area contributed by atoms with Gasteiger partial charge in [0.05, 0.1) is 13.7 Å². The molecular weight excluding hydrogens is 340 g/mol. The molecule has 0 amide bonds. The Morgan fingerprint density at radius 1 is 1.15 bits per heavy atom. The van der Waals surface area contributed by atoms with E-state index in [1.165, 1.54) is 11.6 Å². The first kappa shape index (κ1) is 16.2. The summed E-state index contributed by atoms with van der Waals surface area (Å²) in [5, 5.41) is 0. The van der Waals surface area contributed by atoms with Gasteiger partial charge in [0.1, 0.15) is 18.1 Å². The van der Waals surface area contributed by atoms with Crippen LogP contribution >= 0.6 is 0 Å². The molecule has 9 nitrogen and oxygen atoms in total. The molecule has 2 aromatic heterocycles. The molecule has 0 N–H and O–H groups in total. The SMILES string of the molecule is COc1ccc(OCC2Cn3c(nc4c3c(=O)n(C)c(=O)n4C)O2)cc1. The van der Waals surface area contributed by atoms with Crippen molar-refractivity contribution in [1.82, 2.24) is 18.7 Å². The smallest absolute Gasteiger partial charge is 0.332 e. The minimum absolute atomic E-state index is 0.272. The number of methoxy groups -OCH3 is 1. The average Bonchev–Trinajstić information content (AvgIpc) is 3.21. The highest BCUT2D eigenvalue weighted by atomic mass is 16.6. The predicted molar refractivity (Wildman–Crippen MR) is 93.1 cm³/mol. The first-order valence-electron chi connectivity index (χ1n) is 8.09. The normalized spacial score (nSPS) is 15.7. The summed E-state index contributed by atoms with van der Waals surface area (Å²) in [6, 6.07) is 7.57. The van der Waals surface area contributed by atoms with E-state index >= 15 is 0 Å². The molecule has 0 saturated carbocycles. The minimum atomic E-state index is -0.418. The van der Waals surface area contributed by atoms with Gasteiger partial charge in [-0.25, -0.2) is 4.79 Å². The fourth-order valence-corrected chi connectivity index (χ4v) is 3.02. The van der Waals surface area contributed by atoms with Crippen LogP contribution in [0.3, 0.4) is 0 Å². The standard InChI is InChI=1S/C17H18N4O5/c1-19-14-13(15(22)20(2)17(19)23)21-8-12(26-16(21)18-14)9-25-11-6-4-10(24-3)5-7-11/h4-7,12H,8-9H2,1-3H3. The highest BCUT2D eigenvalue weighted by Gasteiger charge is 2.30. The van der Waals surface area contributed by atoms with Crippen LogP contribution < -0.4 is 25.5 Å². The summed E-state index contributed by atoms with van der Waals surface area (Å²) in [4.78, 5) is 28.8. The Kier molecular flexibility index (Phi) is 3.71. The minimum Gasteiger partial charge on any atom is -0.497 e. The highest BCUT2D eigenvalue weighted by Crippen LogP contribution is 2.26. The van der Waals surface area contributed by atoms with Crippen molar-refractivity contribution in [3.8, 4) is 17.5 Å². The number of hydrogen-bond acceptors (Lipinski definition) is 6. The van der Waals surface area contributed by atoms with Gasteiger partial charge < -0.3 is 14.2 Å². The van der Waals surface area contributed by atoms with Gasteiger partial charge in [-0.2, -0.15) is 4.98 Å². The number of benzene rings is 1. The van der Waals surface area contributed by atoms with E-state index in [4.69, 9.17) is 14.2 Å². The van der Waals surface area contributed by atoms with Crippen LogP contribution in [0.15, 0.2) is 33.9 Å². The maximum Gasteiger partial charge on any atom is 0.332 e. The summed E-state index contributed by atoms with van der Waals surface area (Å²) in [5.41, 5.74) is -0.125. The largest absolute Gasteiger partial charge is 0.497 e. The van der Waals surface area contributed by atoms with Crippen molar-refractivity contribution in [1.29, 1.82) is 0 Å². The van der Waals surface area contributed by atoms with E-state index in [2.05, 4.69) is 4.98 Å². The van der Waals surface area contributed by atoms with Gasteiger partial charge in [0, 0.05) is 14.1 Å². The van der Waals surface area contributed by atoms with Gasteiger partial charge >= 0.3 is 5.69 Å². The molecule has 0 fully saturated rings. The molecule has 0 spiro atoms. The van der Waals surface area contributed by atoms with Crippen LogP contribution in [0.25, 0.3) is 11.2 Å². The number of imidazole rings is 1. The molecule has 1 aliphatic heterocycles. The third-order valence-electron chi connectivity index (χ3n) is 4.47. The van der Waals surface area contributed by atoms with Crippen LogP contribution in [0, 0.1) is 0 Å². The first-order valence-corrected chi connectivity index (χ1v) is 8.09. The van der Waals surface area contributed by atoms with E-state index in [0.29, 0.717) is 36.1 Å². The molecule has 136 valence electrons. The summed E-state index contributed by atoms with van der Waals surface area (Å²) in [7, 11) is 4.63. The Balaban J connectivity index is 1.56. The molecular formula is C17H18N4O5. The maximum absolute atomic E-state index is 12.5. The summed E-state index contributed by atoms with van der Waals surface area (Å²) in [6.45, 7) is 0.735. The third kappa shape index (κ3) is 2.43. The molecule has 1 unspecified atom stereocenters. The van der Waals surface area contributed by atoms with Crippen LogP contribution in [-0.4, -0.2) is 38.5 Å². The van der Waals surface area contributed by atoms with Gasteiger partial charge in [-0.3, -0.25) is 18.5 Å². The zero-order chi connectivity index (χ0) is 18.4. The second-order valence-corrected chi connectivity index (χ2v) is 6.11. The Morgan fingerprint density at radius 3 is 2.54 bits per heavy atom. The number of nitrogens with zero attached hydrogens (tertiary/aromatic N) is 4. The van der Waals surface area contributed by atoms with E-state index in [1.807, 2.05) is 24.3 Å². The monoisotopic (exact) mass is 358 g/mol. The molecule has 1 aromatic carbocycles. The molecule has 0 radical (unpaired) electrons. The lowest BCUT2D eigenvalue weighted by atomic mass is 10.3. The molecule has 0 aliphatic carbocycles. The van der Waals surface area contributed by atoms with Gasteiger partial charge in [0.25, 0.3) is 11.6 Å². The Bertz CT molecular complexity index is 1090. The van der Waals surface area contributed by atoms with Gasteiger partial charge in [0.2, 0.25) is 0 Å². The molecule has 1 aliphatic rings. The van der Waals surface area contributed by atoms with Crippen molar-refractivity contribution >= 4 is 11.2 Å². The van der Waals surface area contributed by atoms with Gasteiger partial charge in [-0.1, -0.05) is 0 Å². The lowest BCUT2D eigenvalue weighted by Crippen LogP contribution is -2.37. The van der Waals surface area contributed by atoms with Gasteiger partial charge in [0.15, 0.2) is 17.3 Å². The Morgan fingerprint density at radius 2 is 1.85 bits per heavy atom. The van der Waals surface area contributed by atoms with Crippen LogP contribution in [0.1, 0.15) is 0 Å². The lowest BCUT2D eigenvalue weighted by Gasteiger charge is -2.12. The number of fused-ring (bicyclic) bond motifs is 3. The number of aryl methyl sites for hydroxylation is 1. The fraction of sp³-hybridized carbons (Fsp3) is 0.353. The second-order valence-electron chi connectivity index (χ2n) is 6.11. The molecule has 3 heterocycles. The van der Waals surface area contributed by atoms with Crippen molar-refractivity contribution in [2.75, 3.05) is 13.7 Å². The number of rotatable bonds is 4. The molecule has 9 heteroatoms. The summed E-state index contributed by atoms with van der Waals surface area (Å²) < 4.78 is 20.7. The van der Waals surface area contributed by atoms with Crippen LogP contribution in [0.4, 0.5) is 0 Å². The van der Waals surface area contributed by atoms with Crippen LogP contribution in [0.5, 0.6) is 17.5 Å². The molecule has 4 rings (SSSR count). The van der Waals surface area contributed by atoms with E-state index in [-0.39, 0.29) is 11.7 Å². The number of ether oxygens (including phenoxy) is 3. The van der Waals surface area contributed by atoms with Crippen molar-refractivity contribution < 1.29 is 14.2 Å². The van der Waals surface area contributed by atoms with Crippen LogP contribution in [0.2, 0.25) is 0 Å². The maximum atomic E-state index is 12.5. The third-order valence-corrected chi connectivity index (χ3v) is 4.47. The van der Waals surface area contributed by atoms with Crippen molar-refractivity contribution in [3.05, 3.63) is 45.1 Å². The summed E-state index contributed by atoms with van der Waals surface area (Å²) in [5.74, 6) is 1.45. The second kappa shape index (κ2) is 5.94. The molecule has 26 heavy (non-hydrogen) atoms. The molecule has 3 aromatic rings. The van der Waals surface area contributed by atoms with E-state index < -0.39 is 5.69 Å². The predicted octanol–water partition coefficient (Wildman–Crippen LogP) is 0.282. The molecule has 0 bridgehead atoms. The average molecular weight is 358 g/mol. The first-order chi connectivity index (χ1) is 12.5. The highest BCUT2D eigenvalue weighted by molar-refractivity contribution is 5.72. The van der Waals surface area contributed by atoms with E-state index in [1.54, 1.807) is 18.7 Å². The summed E-state index contributed by atoms with van der Waals surface area (Å²) in [6.07, 6.45) is -0.272. The quantitative estimate of drug-likeness (QED) is 0.666. The Labute approximate surface area is 148 Å². The van der Waals surface area contributed by atoms with Crippen molar-refractivity contribution in [3.63, 3.8) is 0 Å². The number of aromatic nitrogens is 4. The zero-order valence-electron chi connectivity index (χ0n) is 14.6. The molecule has 1 atom stereocenters. The lowest BCUT2D eigenvalue weighted by molar-refractivity contribution is 0.143. The van der Waals surface area contributed by atoms with E-state index in [9.17, 15) is 9.59 Å². The zero-order valence-corrected chi connectivity index (χ0v) is 14.6. The fourth-order valence-electron chi connectivity index (χ4n) is 3.02. The molecule has 0 saturated heterocycles.